The Morgan fingerprint density at radius 1 is 0.833 bits per heavy atom. The number of benzene rings is 1. The molecule has 0 aliphatic heterocycles. The normalized spacial score (nSPS) is 23.7. The molecular formula is C16H12O8. The molecule has 3 rings (SSSR count). The lowest BCUT2D eigenvalue weighted by atomic mass is 9.68. The molecule has 2 aliphatic carbocycles. The van der Waals surface area contributed by atoms with Crippen LogP contribution in [0, 0.1) is 0 Å². The van der Waals surface area contributed by atoms with Crippen molar-refractivity contribution < 1.29 is 40.2 Å². The van der Waals surface area contributed by atoms with Gasteiger partial charge in [-0.1, -0.05) is 0 Å². The second-order valence-electron chi connectivity index (χ2n) is 5.43. The first kappa shape index (κ1) is 15.6. The molecule has 1 saturated carbocycles. The molecule has 0 heterocycles. The van der Waals surface area contributed by atoms with Gasteiger partial charge in [0.05, 0.1) is 17.6 Å². The standard InChI is InChI=1S/C16H12O8/c17-5-1-7(19)11(8(20)2-5)13-15(23)14(16(13)24)12-9(21)3-6(18)4-10(12)22/h1-4,13,15,17,19-23H. The van der Waals surface area contributed by atoms with E-state index in [1.807, 2.05) is 0 Å². The zero-order valence-electron chi connectivity index (χ0n) is 12.0. The van der Waals surface area contributed by atoms with Crippen molar-refractivity contribution in [2.75, 3.05) is 0 Å². The quantitative estimate of drug-likeness (QED) is 0.408. The first-order valence-electron chi connectivity index (χ1n) is 6.79. The molecular weight excluding hydrogens is 320 g/mol. The number of ketones is 2. The van der Waals surface area contributed by atoms with Gasteiger partial charge in [0, 0.05) is 35.4 Å². The zero-order chi connectivity index (χ0) is 17.8. The monoisotopic (exact) mass is 332 g/mol. The average Bonchev–Trinajstić information content (AvgIpc) is 2.46. The second-order valence-corrected chi connectivity index (χ2v) is 5.43. The highest BCUT2D eigenvalue weighted by Crippen LogP contribution is 2.49. The van der Waals surface area contributed by atoms with E-state index in [0.717, 1.165) is 24.3 Å². The van der Waals surface area contributed by atoms with E-state index < -0.39 is 52.4 Å². The van der Waals surface area contributed by atoms with Gasteiger partial charge in [-0.05, 0) is 0 Å². The number of carbonyl (C=O) groups is 2. The lowest BCUT2D eigenvalue weighted by Crippen LogP contribution is -2.44. The maximum absolute atomic E-state index is 12.4. The molecule has 0 saturated heterocycles. The van der Waals surface area contributed by atoms with Crippen LogP contribution in [0.1, 0.15) is 11.5 Å². The molecule has 8 nitrogen and oxygen atoms in total. The van der Waals surface area contributed by atoms with Gasteiger partial charge < -0.3 is 30.6 Å². The van der Waals surface area contributed by atoms with E-state index >= 15 is 0 Å². The minimum absolute atomic E-state index is 0.284. The molecule has 2 aliphatic rings. The summed E-state index contributed by atoms with van der Waals surface area (Å²) in [5.74, 6) is -5.73. The molecule has 1 fully saturated rings. The SMILES string of the molecule is O=C1C=C(O)C(=C2C(=O)C(c3c(O)cc(O)cc3O)C2O)C(O)=C1. The van der Waals surface area contributed by atoms with Gasteiger partial charge in [-0.25, -0.2) is 0 Å². The summed E-state index contributed by atoms with van der Waals surface area (Å²) in [6.07, 6.45) is 0.0172. The highest BCUT2D eigenvalue weighted by atomic mass is 16.3. The van der Waals surface area contributed by atoms with Crippen LogP contribution >= 0.6 is 0 Å². The largest absolute Gasteiger partial charge is 0.508 e. The summed E-state index contributed by atoms with van der Waals surface area (Å²) in [7, 11) is 0. The number of hydrogen-bond donors (Lipinski definition) is 6. The van der Waals surface area contributed by atoms with Crippen LogP contribution in [0.5, 0.6) is 17.2 Å². The molecule has 6 N–H and O–H groups in total. The van der Waals surface area contributed by atoms with Crippen LogP contribution in [0.4, 0.5) is 0 Å². The van der Waals surface area contributed by atoms with Crippen molar-refractivity contribution in [2.24, 2.45) is 0 Å². The van der Waals surface area contributed by atoms with Gasteiger partial charge in [-0.15, -0.1) is 0 Å². The Hall–Kier alpha value is -3.26. The Bertz CT molecular complexity index is 827. The van der Waals surface area contributed by atoms with Crippen LogP contribution in [0.3, 0.4) is 0 Å². The Morgan fingerprint density at radius 3 is 1.79 bits per heavy atom. The summed E-state index contributed by atoms with van der Waals surface area (Å²) in [5, 5.41) is 58.7. The highest BCUT2D eigenvalue weighted by molar-refractivity contribution is 6.13. The summed E-state index contributed by atoms with van der Waals surface area (Å²) < 4.78 is 0. The van der Waals surface area contributed by atoms with Gasteiger partial charge in [-0.3, -0.25) is 9.59 Å². The van der Waals surface area contributed by atoms with Crippen LogP contribution < -0.4 is 0 Å². The van der Waals surface area contributed by atoms with E-state index in [1.165, 1.54) is 0 Å². The predicted molar refractivity (Wildman–Crippen MR) is 78.6 cm³/mol. The Labute approximate surface area is 134 Å². The fraction of sp³-hybridized carbons (Fsp3) is 0.125. The van der Waals surface area contributed by atoms with Gasteiger partial charge in [0.1, 0.15) is 28.8 Å². The molecule has 0 spiro atoms. The number of phenols is 3. The van der Waals surface area contributed by atoms with Crippen molar-refractivity contribution in [2.45, 2.75) is 12.0 Å². The fourth-order valence-electron chi connectivity index (χ4n) is 2.88. The topological polar surface area (TPSA) is 156 Å². The third-order valence-electron chi connectivity index (χ3n) is 3.93. The number of Topliss-reactive ketones (excluding diaryl/α,β-unsaturated/α-hetero) is 1. The van der Waals surface area contributed by atoms with E-state index in [-0.39, 0.29) is 16.7 Å². The molecule has 8 heteroatoms. The third kappa shape index (κ3) is 2.12. The van der Waals surface area contributed by atoms with Gasteiger partial charge in [0.15, 0.2) is 11.6 Å². The van der Waals surface area contributed by atoms with Crippen molar-refractivity contribution in [3.63, 3.8) is 0 Å². The molecule has 0 aromatic heterocycles. The van der Waals surface area contributed by atoms with Gasteiger partial charge in [-0.2, -0.15) is 0 Å². The maximum Gasteiger partial charge on any atom is 0.186 e. The van der Waals surface area contributed by atoms with Crippen LogP contribution in [-0.4, -0.2) is 48.3 Å². The van der Waals surface area contributed by atoms with Crippen LogP contribution in [0.25, 0.3) is 0 Å². The van der Waals surface area contributed by atoms with Crippen molar-refractivity contribution in [3.8, 4) is 17.2 Å². The maximum atomic E-state index is 12.4. The highest BCUT2D eigenvalue weighted by Gasteiger charge is 2.50. The smallest absolute Gasteiger partial charge is 0.186 e. The minimum atomic E-state index is -1.55. The lowest BCUT2D eigenvalue weighted by molar-refractivity contribution is -0.126. The summed E-state index contributed by atoms with van der Waals surface area (Å²) >= 11 is 0. The number of aliphatic hydroxyl groups is 3. The number of aromatic hydroxyl groups is 3. The fourth-order valence-corrected chi connectivity index (χ4v) is 2.88. The first-order chi connectivity index (χ1) is 11.2. The third-order valence-corrected chi connectivity index (χ3v) is 3.93. The number of allylic oxidation sites excluding steroid dienone is 2. The van der Waals surface area contributed by atoms with Gasteiger partial charge in [0.2, 0.25) is 0 Å². The summed E-state index contributed by atoms with van der Waals surface area (Å²) in [5.41, 5.74) is -1.00. The number of carbonyl (C=O) groups excluding carboxylic acids is 2. The van der Waals surface area contributed by atoms with Gasteiger partial charge >= 0.3 is 0 Å². The molecule has 0 radical (unpaired) electrons. The van der Waals surface area contributed by atoms with Crippen molar-refractivity contribution >= 4 is 11.6 Å². The first-order valence-corrected chi connectivity index (χ1v) is 6.79. The Morgan fingerprint density at radius 2 is 1.33 bits per heavy atom. The Kier molecular flexibility index (Phi) is 3.34. The number of phenolic OH excluding ortho intramolecular Hbond substituents is 3. The molecule has 124 valence electrons. The van der Waals surface area contributed by atoms with E-state index in [2.05, 4.69) is 0 Å². The average molecular weight is 332 g/mol. The summed E-state index contributed by atoms with van der Waals surface area (Å²) in [6, 6.07) is 1.79. The molecule has 1 aromatic rings. The predicted octanol–water partition coefficient (Wildman–Crippen LogP) is 0.594. The van der Waals surface area contributed by atoms with E-state index in [1.54, 1.807) is 0 Å². The van der Waals surface area contributed by atoms with Gasteiger partial charge in [0.25, 0.3) is 0 Å². The number of aliphatic hydroxyl groups excluding tert-OH is 3. The Balaban J connectivity index is 2.07. The number of hydrogen-bond acceptors (Lipinski definition) is 8. The van der Waals surface area contributed by atoms with Crippen molar-refractivity contribution in [1.29, 1.82) is 0 Å². The molecule has 2 atom stereocenters. The summed E-state index contributed by atoms with van der Waals surface area (Å²) in [4.78, 5) is 23.6. The van der Waals surface area contributed by atoms with E-state index in [4.69, 9.17) is 0 Å². The van der Waals surface area contributed by atoms with Crippen LogP contribution in [-0.2, 0) is 9.59 Å². The summed E-state index contributed by atoms with van der Waals surface area (Å²) in [6.45, 7) is 0. The van der Waals surface area contributed by atoms with Crippen molar-refractivity contribution in [1.82, 2.24) is 0 Å². The zero-order valence-corrected chi connectivity index (χ0v) is 12.0. The van der Waals surface area contributed by atoms with E-state index in [9.17, 15) is 40.2 Å². The molecule has 2 unspecified atom stereocenters. The molecule has 0 bridgehead atoms. The van der Waals surface area contributed by atoms with Crippen LogP contribution in [0.2, 0.25) is 0 Å². The van der Waals surface area contributed by atoms with E-state index in [0.29, 0.717) is 0 Å². The minimum Gasteiger partial charge on any atom is -0.508 e. The number of rotatable bonds is 1. The molecule has 0 amide bonds. The van der Waals surface area contributed by atoms with Crippen molar-refractivity contribution in [3.05, 3.63) is 52.5 Å². The molecule has 24 heavy (non-hydrogen) atoms. The lowest BCUT2D eigenvalue weighted by Gasteiger charge is -2.36. The molecule has 1 aromatic carbocycles. The second kappa shape index (κ2) is 5.14. The van der Waals surface area contributed by atoms with Crippen LogP contribution in [0.15, 0.2) is 46.9 Å².